The zero-order chi connectivity index (χ0) is 15.5. The van der Waals surface area contributed by atoms with Gasteiger partial charge in [-0.15, -0.1) is 12.4 Å². The van der Waals surface area contributed by atoms with Crippen molar-refractivity contribution in [2.24, 2.45) is 5.16 Å². The van der Waals surface area contributed by atoms with Crippen molar-refractivity contribution >= 4 is 28.9 Å². The van der Waals surface area contributed by atoms with Crippen LogP contribution in [-0.4, -0.2) is 36.9 Å². The molecular formula is C20H25ClN2O. The van der Waals surface area contributed by atoms with Gasteiger partial charge >= 0.3 is 0 Å². The van der Waals surface area contributed by atoms with E-state index in [2.05, 4.69) is 46.5 Å². The number of hydrogen-bond donors (Lipinski definition) is 0. The third-order valence-electron chi connectivity index (χ3n) is 5.09. The van der Waals surface area contributed by atoms with Gasteiger partial charge in [-0.1, -0.05) is 48.0 Å². The SMILES string of the molecule is Cl.c1ccc2c3c(ccc2c1)/C(=N\OCCN1CCCCC1)CC3. The fraction of sp³-hybridized carbons (Fsp3) is 0.450. The number of rotatable bonds is 4. The highest BCUT2D eigenvalue weighted by atomic mass is 35.5. The van der Waals surface area contributed by atoms with Crippen LogP contribution in [0.1, 0.15) is 36.8 Å². The first-order chi connectivity index (χ1) is 11.4. The van der Waals surface area contributed by atoms with Crippen LogP contribution in [0.15, 0.2) is 41.6 Å². The lowest BCUT2D eigenvalue weighted by atomic mass is 10.0. The Balaban J connectivity index is 0.00000169. The van der Waals surface area contributed by atoms with Crippen LogP contribution in [0.5, 0.6) is 0 Å². The molecule has 1 heterocycles. The highest BCUT2D eigenvalue weighted by molar-refractivity contribution is 6.08. The molecule has 4 heteroatoms. The van der Waals surface area contributed by atoms with Crippen LogP contribution < -0.4 is 0 Å². The number of aryl methyl sites for hydroxylation is 1. The first-order valence-electron chi connectivity index (χ1n) is 8.84. The molecule has 1 aliphatic heterocycles. The summed E-state index contributed by atoms with van der Waals surface area (Å²) in [5, 5.41) is 7.13. The van der Waals surface area contributed by atoms with Gasteiger partial charge in [0.2, 0.25) is 0 Å². The van der Waals surface area contributed by atoms with Gasteiger partial charge in [-0.2, -0.15) is 0 Å². The number of likely N-dealkylation sites (tertiary alicyclic amines) is 1. The van der Waals surface area contributed by atoms with E-state index >= 15 is 0 Å². The van der Waals surface area contributed by atoms with Crippen molar-refractivity contribution in [1.82, 2.24) is 4.90 Å². The lowest BCUT2D eigenvalue weighted by molar-refractivity contribution is 0.102. The Morgan fingerprint density at radius 2 is 1.79 bits per heavy atom. The second kappa shape index (κ2) is 8.00. The van der Waals surface area contributed by atoms with Gasteiger partial charge in [0.1, 0.15) is 6.61 Å². The average molecular weight is 345 g/mol. The van der Waals surface area contributed by atoms with Crippen molar-refractivity contribution in [2.75, 3.05) is 26.2 Å². The minimum atomic E-state index is 0. The molecule has 2 aromatic carbocycles. The maximum absolute atomic E-state index is 5.64. The van der Waals surface area contributed by atoms with E-state index in [-0.39, 0.29) is 12.4 Å². The highest BCUT2D eigenvalue weighted by Crippen LogP contribution is 2.30. The summed E-state index contributed by atoms with van der Waals surface area (Å²) in [6.45, 7) is 4.14. The average Bonchev–Trinajstić information content (AvgIpc) is 3.03. The lowest BCUT2D eigenvalue weighted by Crippen LogP contribution is -2.32. The Bertz CT molecular complexity index is 723. The van der Waals surface area contributed by atoms with Crippen LogP contribution in [0.3, 0.4) is 0 Å². The van der Waals surface area contributed by atoms with Crippen LogP contribution in [0.25, 0.3) is 10.8 Å². The third-order valence-corrected chi connectivity index (χ3v) is 5.09. The number of piperidine rings is 1. The Hall–Kier alpha value is -1.58. The summed E-state index contributed by atoms with van der Waals surface area (Å²) < 4.78 is 0. The summed E-state index contributed by atoms with van der Waals surface area (Å²) in [6, 6.07) is 13.0. The van der Waals surface area contributed by atoms with Gasteiger partial charge in [0.25, 0.3) is 0 Å². The Morgan fingerprint density at radius 1 is 0.958 bits per heavy atom. The molecule has 1 saturated heterocycles. The van der Waals surface area contributed by atoms with Crippen LogP contribution in [0.4, 0.5) is 0 Å². The molecule has 4 rings (SSSR count). The molecule has 24 heavy (non-hydrogen) atoms. The smallest absolute Gasteiger partial charge is 0.129 e. The van der Waals surface area contributed by atoms with Gasteiger partial charge in [-0.3, -0.25) is 4.90 Å². The maximum atomic E-state index is 5.64. The van der Waals surface area contributed by atoms with Gasteiger partial charge in [0.15, 0.2) is 0 Å². The maximum Gasteiger partial charge on any atom is 0.129 e. The molecule has 0 unspecified atom stereocenters. The minimum absolute atomic E-state index is 0. The number of benzene rings is 2. The lowest BCUT2D eigenvalue weighted by Gasteiger charge is -2.25. The van der Waals surface area contributed by atoms with Crippen molar-refractivity contribution in [3.63, 3.8) is 0 Å². The molecule has 2 aromatic rings. The van der Waals surface area contributed by atoms with Crippen molar-refractivity contribution < 1.29 is 4.84 Å². The van der Waals surface area contributed by atoms with Gasteiger partial charge in [-0.25, -0.2) is 0 Å². The third kappa shape index (κ3) is 3.57. The zero-order valence-corrected chi connectivity index (χ0v) is 14.9. The number of fused-ring (bicyclic) bond motifs is 3. The monoisotopic (exact) mass is 344 g/mol. The largest absolute Gasteiger partial charge is 0.394 e. The summed E-state index contributed by atoms with van der Waals surface area (Å²) >= 11 is 0. The topological polar surface area (TPSA) is 24.8 Å². The van der Waals surface area contributed by atoms with E-state index in [1.165, 1.54) is 54.3 Å². The second-order valence-electron chi connectivity index (χ2n) is 6.59. The quantitative estimate of drug-likeness (QED) is 0.606. The summed E-state index contributed by atoms with van der Waals surface area (Å²) in [5.41, 5.74) is 3.83. The highest BCUT2D eigenvalue weighted by Gasteiger charge is 2.20. The number of oxime groups is 1. The fourth-order valence-electron chi connectivity index (χ4n) is 3.83. The van der Waals surface area contributed by atoms with Crippen LogP contribution in [0.2, 0.25) is 0 Å². The first kappa shape index (κ1) is 17.2. The fourth-order valence-corrected chi connectivity index (χ4v) is 3.83. The van der Waals surface area contributed by atoms with E-state index in [9.17, 15) is 0 Å². The van der Waals surface area contributed by atoms with Crippen LogP contribution >= 0.6 is 12.4 Å². The molecule has 0 radical (unpaired) electrons. The van der Waals surface area contributed by atoms with Crippen molar-refractivity contribution in [1.29, 1.82) is 0 Å². The van der Waals surface area contributed by atoms with Crippen molar-refractivity contribution in [3.05, 3.63) is 47.5 Å². The number of nitrogens with zero attached hydrogens (tertiary/aromatic N) is 2. The predicted molar refractivity (Wildman–Crippen MR) is 102 cm³/mol. The molecule has 2 aliphatic rings. The molecular weight excluding hydrogens is 320 g/mol. The molecule has 0 spiro atoms. The first-order valence-corrected chi connectivity index (χ1v) is 8.84. The zero-order valence-electron chi connectivity index (χ0n) is 14.0. The molecule has 0 aromatic heterocycles. The normalized spacial score (nSPS) is 19.2. The minimum Gasteiger partial charge on any atom is -0.394 e. The van der Waals surface area contributed by atoms with Crippen LogP contribution in [-0.2, 0) is 11.3 Å². The molecule has 0 atom stereocenters. The molecule has 0 bridgehead atoms. The molecule has 128 valence electrons. The summed E-state index contributed by atoms with van der Waals surface area (Å²) in [6.07, 6.45) is 6.10. The van der Waals surface area contributed by atoms with Crippen molar-refractivity contribution in [2.45, 2.75) is 32.1 Å². The van der Waals surface area contributed by atoms with Crippen LogP contribution in [0, 0.1) is 0 Å². The van der Waals surface area contributed by atoms with Crippen molar-refractivity contribution in [3.8, 4) is 0 Å². The van der Waals surface area contributed by atoms with Gasteiger partial charge < -0.3 is 4.84 Å². The van der Waals surface area contributed by atoms with E-state index < -0.39 is 0 Å². The van der Waals surface area contributed by atoms with E-state index in [0.717, 1.165) is 25.1 Å². The summed E-state index contributed by atoms with van der Waals surface area (Å²) in [4.78, 5) is 8.12. The molecule has 0 saturated carbocycles. The number of halogens is 1. The molecule has 1 aliphatic carbocycles. The second-order valence-corrected chi connectivity index (χ2v) is 6.59. The molecule has 0 N–H and O–H groups in total. The summed E-state index contributed by atoms with van der Waals surface area (Å²) in [5.74, 6) is 0. The number of hydrogen-bond acceptors (Lipinski definition) is 3. The van der Waals surface area contributed by atoms with E-state index in [1.54, 1.807) is 0 Å². The standard InChI is InChI=1S/C20H24N2O.ClH/c1-4-12-22(13-5-1)14-15-23-21-20-11-10-18-17-7-3-2-6-16(17)8-9-19(18)20;/h2-3,6-9H,1,4-5,10-15H2;1H/b21-20-;. The summed E-state index contributed by atoms with van der Waals surface area (Å²) in [7, 11) is 0. The van der Waals surface area contributed by atoms with E-state index in [4.69, 9.17) is 4.84 Å². The Kier molecular flexibility index (Phi) is 5.75. The van der Waals surface area contributed by atoms with Gasteiger partial charge in [-0.05, 0) is 55.1 Å². The molecule has 0 amide bonds. The molecule has 3 nitrogen and oxygen atoms in total. The molecule has 1 fully saturated rings. The van der Waals surface area contributed by atoms with Gasteiger partial charge in [0, 0.05) is 12.1 Å². The Labute approximate surface area is 150 Å². The Morgan fingerprint density at radius 3 is 2.67 bits per heavy atom. The predicted octanol–water partition coefficient (Wildman–Crippen LogP) is 4.41. The van der Waals surface area contributed by atoms with E-state index in [1.807, 2.05) is 0 Å². The van der Waals surface area contributed by atoms with E-state index in [0.29, 0.717) is 6.61 Å². The van der Waals surface area contributed by atoms with Gasteiger partial charge in [0.05, 0.1) is 5.71 Å².